The van der Waals surface area contributed by atoms with Crippen molar-refractivity contribution in [2.45, 2.75) is 0 Å². The van der Waals surface area contributed by atoms with Crippen LogP contribution >= 0.6 is 0 Å². The number of rotatable bonds is 4. The maximum absolute atomic E-state index is 12.8. The lowest BCUT2D eigenvalue weighted by molar-refractivity contribution is 0.102. The van der Waals surface area contributed by atoms with Gasteiger partial charge in [-0.1, -0.05) is 12.1 Å². The van der Waals surface area contributed by atoms with Gasteiger partial charge in [-0.15, -0.1) is 0 Å². The Morgan fingerprint density at radius 3 is 2.86 bits per heavy atom. The standard InChI is InChI=1S/C20H20N8O/c29-20(23-17-13-22-7-5-18(17)27-11-8-21-9-12-27)16-6-10-28(26-16)19-14-3-1-2-4-15(14)24-25-19/h1-7,10,13,21H,8-9,11-12H2,(H,23,29)(H,24,25). The Morgan fingerprint density at radius 2 is 1.97 bits per heavy atom. The average molecular weight is 388 g/mol. The van der Waals surface area contributed by atoms with Crippen LogP contribution in [-0.2, 0) is 0 Å². The number of hydrogen-bond acceptors (Lipinski definition) is 6. The molecule has 0 aliphatic carbocycles. The number of pyridine rings is 1. The zero-order valence-corrected chi connectivity index (χ0v) is 15.7. The molecule has 1 amide bonds. The quantitative estimate of drug-likeness (QED) is 0.493. The first kappa shape index (κ1) is 17.4. The summed E-state index contributed by atoms with van der Waals surface area (Å²) < 4.78 is 1.61. The molecular weight excluding hydrogens is 368 g/mol. The number of H-pyrrole nitrogens is 1. The summed E-state index contributed by atoms with van der Waals surface area (Å²) in [5.74, 6) is 0.371. The summed E-state index contributed by atoms with van der Waals surface area (Å²) >= 11 is 0. The predicted octanol–water partition coefficient (Wildman–Crippen LogP) is 1.81. The molecule has 1 fully saturated rings. The number of piperazine rings is 1. The number of para-hydroxylation sites is 1. The molecule has 1 aliphatic rings. The summed E-state index contributed by atoms with van der Waals surface area (Å²) in [6, 6.07) is 11.4. The topological polar surface area (TPSA) is 104 Å². The van der Waals surface area contributed by atoms with Crippen molar-refractivity contribution in [3.63, 3.8) is 0 Å². The van der Waals surface area contributed by atoms with Crippen molar-refractivity contribution in [3.8, 4) is 5.82 Å². The maximum atomic E-state index is 12.8. The second-order valence-electron chi connectivity index (χ2n) is 6.82. The number of anilines is 2. The summed E-state index contributed by atoms with van der Waals surface area (Å²) in [6.07, 6.45) is 5.15. The molecule has 3 aromatic heterocycles. The van der Waals surface area contributed by atoms with E-state index >= 15 is 0 Å². The Balaban J connectivity index is 1.39. The molecule has 0 saturated carbocycles. The molecule has 3 N–H and O–H groups in total. The highest BCUT2D eigenvalue weighted by Crippen LogP contribution is 2.25. The number of amides is 1. The molecule has 0 atom stereocenters. The zero-order valence-electron chi connectivity index (χ0n) is 15.7. The fourth-order valence-corrected chi connectivity index (χ4v) is 3.54. The van der Waals surface area contributed by atoms with Crippen molar-refractivity contribution in [3.05, 3.63) is 60.7 Å². The number of aromatic amines is 1. The Labute approximate surface area is 166 Å². The molecule has 1 aliphatic heterocycles. The molecule has 1 aromatic carbocycles. The first-order valence-electron chi connectivity index (χ1n) is 9.50. The molecule has 4 aromatic rings. The lowest BCUT2D eigenvalue weighted by Crippen LogP contribution is -2.43. The molecule has 29 heavy (non-hydrogen) atoms. The lowest BCUT2D eigenvalue weighted by atomic mass is 10.2. The summed E-state index contributed by atoms with van der Waals surface area (Å²) in [7, 11) is 0. The van der Waals surface area contributed by atoms with Crippen LogP contribution in [0.25, 0.3) is 16.7 Å². The number of fused-ring (bicyclic) bond motifs is 1. The fraction of sp³-hybridized carbons (Fsp3) is 0.200. The van der Waals surface area contributed by atoms with Crippen LogP contribution in [0, 0.1) is 0 Å². The van der Waals surface area contributed by atoms with Crippen molar-refractivity contribution in [1.82, 2.24) is 30.3 Å². The van der Waals surface area contributed by atoms with Crippen molar-refractivity contribution in [2.75, 3.05) is 36.4 Å². The van der Waals surface area contributed by atoms with Crippen LogP contribution in [-0.4, -0.2) is 57.0 Å². The molecule has 0 spiro atoms. The Kier molecular flexibility index (Phi) is 4.41. The molecule has 5 rings (SSSR count). The monoisotopic (exact) mass is 388 g/mol. The van der Waals surface area contributed by atoms with Gasteiger partial charge in [-0.2, -0.15) is 10.2 Å². The van der Waals surface area contributed by atoms with E-state index in [9.17, 15) is 4.79 Å². The van der Waals surface area contributed by atoms with Crippen molar-refractivity contribution < 1.29 is 4.79 Å². The minimum Gasteiger partial charge on any atom is -0.367 e. The smallest absolute Gasteiger partial charge is 0.276 e. The van der Waals surface area contributed by atoms with Gasteiger partial charge >= 0.3 is 0 Å². The second kappa shape index (κ2) is 7.36. The normalized spacial score (nSPS) is 14.3. The Bertz CT molecular complexity index is 1160. The van der Waals surface area contributed by atoms with E-state index in [1.54, 1.807) is 29.3 Å². The van der Waals surface area contributed by atoms with Gasteiger partial charge in [-0.05, 0) is 24.3 Å². The highest BCUT2D eigenvalue weighted by molar-refractivity contribution is 6.04. The molecule has 9 heteroatoms. The van der Waals surface area contributed by atoms with E-state index in [1.165, 1.54) is 0 Å². The van der Waals surface area contributed by atoms with E-state index < -0.39 is 0 Å². The summed E-state index contributed by atoms with van der Waals surface area (Å²) in [5, 5.41) is 18.9. The van der Waals surface area contributed by atoms with Crippen molar-refractivity contribution >= 4 is 28.2 Å². The van der Waals surface area contributed by atoms with Crippen LogP contribution < -0.4 is 15.5 Å². The molecular formula is C20H20N8O. The van der Waals surface area contributed by atoms with Gasteiger partial charge in [0, 0.05) is 44.0 Å². The van der Waals surface area contributed by atoms with E-state index in [4.69, 9.17) is 0 Å². The zero-order chi connectivity index (χ0) is 19.6. The van der Waals surface area contributed by atoms with Gasteiger partial charge in [-0.3, -0.25) is 14.9 Å². The van der Waals surface area contributed by atoms with Gasteiger partial charge in [0.25, 0.3) is 5.91 Å². The first-order chi connectivity index (χ1) is 14.3. The van der Waals surface area contributed by atoms with Gasteiger partial charge in [0.1, 0.15) is 0 Å². The van der Waals surface area contributed by atoms with Crippen molar-refractivity contribution in [1.29, 1.82) is 0 Å². The van der Waals surface area contributed by atoms with Crippen LogP contribution in [0.15, 0.2) is 55.0 Å². The molecule has 146 valence electrons. The van der Waals surface area contributed by atoms with Crippen molar-refractivity contribution in [2.24, 2.45) is 0 Å². The van der Waals surface area contributed by atoms with E-state index in [2.05, 4.69) is 35.8 Å². The van der Waals surface area contributed by atoms with E-state index in [-0.39, 0.29) is 5.91 Å². The summed E-state index contributed by atoms with van der Waals surface area (Å²) in [5.41, 5.74) is 2.87. The third-order valence-electron chi connectivity index (χ3n) is 4.99. The minimum atomic E-state index is -0.284. The van der Waals surface area contributed by atoms with E-state index in [0.717, 1.165) is 42.8 Å². The largest absolute Gasteiger partial charge is 0.367 e. The highest BCUT2D eigenvalue weighted by Gasteiger charge is 2.18. The number of aromatic nitrogens is 5. The van der Waals surface area contributed by atoms with Crippen LogP contribution in [0.1, 0.15) is 10.5 Å². The molecule has 0 bridgehead atoms. The van der Waals surface area contributed by atoms with Gasteiger partial charge in [0.15, 0.2) is 11.5 Å². The van der Waals surface area contributed by atoms with Gasteiger partial charge in [0.05, 0.1) is 23.1 Å². The first-order valence-corrected chi connectivity index (χ1v) is 9.50. The number of benzene rings is 1. The second-order valence-corrected chi connectivity index (χ2v) is 6.82. The van der Waals surface area contributed by atoms with E-state index in [0.29, 0.717) is 17.2 Å². The highest BCUT2D eigenvalue weighted by atomic mass is 16.2. The Morgan fingerprint density at radius 1 is 1.10 bits per heavy atom. The number of hydrogen-bond donors (Lipinski definition) is 3. The van der Waals surface area contributed by atoms with Crippen LogP contribution in [0.5, 0.6) is 0 Å². The number of nitrogens with zero attached hydrogens (tertiary/aromatic N) is 5. The van der Waals surface area contributed by atoms with Crippen LogP contribution in [0.2, 0.25) is 0 Å². The third kappa shape index (κ3) is 3.32. The molecule has 0 radical (unpaired) electrons. The van der Waals surface area contributed by atoms with Crippen LogP contribution in [0.3, 0.4) is 0 Å². The fourth-order valence-electron chi connectivity index (χ4n) is 3.54. The summed E-state index contributed by atoms with van der Waals surface area (Å²) in [6.45, 7) is 3.59. The minimum absolute atomic E-state index is 0.284. The number of nitrogens with one attached hydrogen (secondary N) is 3. The summed E-state index contributed by atoms with van der Waals surface area (Å²) in [4.78, 5) is 19.2. The average Bonchev–Trinajstić information content (AvgIpc) is 3.42. The predicted molar refractivity (Wildman–Crippen MR) is 110 cm³/mol. The molecule has 9 nitrogen and oxygen atoms in total. The van der Waals surface area contributed by atoms with E-state index in [1.807, 2.05) is 30.3 Å². The molecule has 4 heterocycles. The van der Waals surface area contributed by atoms with Gasteiger partial charge in [0.2, 0.25) is 0 Å². The lowest BCUT2D eigenvalue weighted by Gasteiger charge is -2.30. The SMILES string of the molecule is O=C(Nc1cnccc1N1CCNCC1)c1ccn(-c2n[nH]c3ccccc23)n1. The van der Waals surface area contributed by atoms with Crippen LogP contribution in [0.4, 0.5) is 11.4 Å². The van der Waals surface area contributed by atoms with Gasteiger partial charge in [-0.25, -0.2) is 4.68 Å². The molecule has 0 unspecified atom stereocenters. The maximum Gasteiger partial charge on any atom is 0.276 e. The van der Waals surface area contributed by atoms with Gasteiger partial charge < -0.3 is 15.5 Å². The third-order valence-corrected chi connectivity index (χ3v) is 4.99. The number of carbonyl (C=O) groups excluding carboxylic acids is 1. The molecule has 1 saturated heterocycles. The Hall–Kier alpha value is -3.72. The number of carbonyl (C=O) groups is 1.